The first-order chi connectivity index (χ1) is 75.5. The fraction of sp³-hybridized carbons (Fsp3) is 0.0388. The quantitative estimate of drug-likeness (QED) is 0.0454. The first kappa shape index (κ1) is 64.7. The molecule has 0 aromatic heterocycles. The van der Waals surface area contributed by atoms with E-state index in [-0.39, 0.29) is 68.8 Å². The molecule has 1 atom stereocenters. The average Bonchev–Trinajstić information content (AvgIpc) is 0.716. The highest BCUT2D eigenvalue weighted by molar-refractivity contribution is 6.29. The molecule has 0 radical (unpaired) electrons. The van der Waals surface area contributed by atoms with Crippen LogP contribution in [0.5, 0.6) is 0 Å². The second-order valence-corrected chi connectivity index (χ2v) is 34.0. The topological polar surface area (TPSA) is 9.72 Å². The van der Waals surface area contributed by atoms with Crippen LogP contribution in [0, 0.1) is 13.8 Å². The predicted molar refractivity (Wildman–Crippen MR) is 565 cm³/mol. The SMILES string of the molecule is [2H]c1c([2H])c([2H])c(-c2ccc(N(c3ccc(-c4ccccc4)cc3)c3ccc4ccc5c(N(c6ccc(-c7ccccc7)cc6)c6ccc(-c7c([2H])c([2H])c([2H])c([2H])c7[2H])cc6C(F)F)ccc6ccc3c4c65)c(C)c2)c([2H])c1[2H].[2H]c1c([2H])c([2H])c(-c2ccc(N(c3cccc4ccccc34)c3ccc4ccc5c(C(c6ccc(-c7c([2H])c([2H])c([2H])c([2H])c7[2H])cc6C(F)(F)F)c6cccc7ccccc67)ccc6ccc3c4c65)c(C)c2)c([2H])c1[2H]. The van der Waals surface area contributed by atoms with E-state index in [9.17, 15) is 0 Å². The summed E-state index contributed by atoms with van der Waals surface area (Å²) < 4.78 is 249. The maximum atomic E-state index is 16.0. The molecule has 8 heteroatoms. The Balaban J connectivity index is 0.000000170. The predicted octanol–water partition coefficient (Wildman–Crippen LogP) is 37.6. The smallest absolute Gasteiger partial charge is 0.310 e. The summed E-state index contributed by atoms with van der Waals surface area (Å²) in [4.78, 5) is 6.13. The van der Waals surface area contributed by atoms with Crippen LogP contribution in [-0.2, 0) is 6.18 Å². The number of hydrogen-bond acceptors (Lipinski definition) is 3. The Morgan fingerprint density at radius 2 is 0.540 bits per heavy atom. The van der Waals surface area contributed by atoms with Crippen molar-refractivity contribution in [2.24, 2.45) is 0 Å². The molecule has 24 aromatic rings. The first-order valence-corrected chi connectivity index (χ1v) is 44.8. The van der Waals surface area contributed by atoms with Crippen molar-refractivity contribution in [3.63, 3.8) is 0 Å². The zero-order valence-electron chi connectivity index (χ0n) is 93.5. The van der Waals surface area contributed by atoms with Crippen molar-refractivity contribution >= 4 is 137 Å². The number of hydrogen-bond donors (Lipinski definition) is 0. The normalized spacial score (nSPS) is 14.0. The van der Waals surface area contributed by atoms with E-state index >= 15 is 22.0 Å². The lowest BCUT2D eigenvalue weighted by Gasteiger charge is -2.31. The van der Waals surface area contributed by atoms with E-state index in [0.717, 1.165) is 160 Å². The van der Waals surface area contributed by atoms with Gasteiger partial charge in [-0.25, -0.2) is 8.78 Å². The lowest BCUT2D eigenvalue weighted by molar-refractivity contribution is -0.138. The van der Waals surface area contributed by atoms with Gasteiger partial charge < -0.3 is 14.7 Å². The molecule has 0 aliphatic heterocycles. The summed E-state index contributed by atoms with van der Waals surface area (Å²) in [6, 6.07) is 105. The zero-order chi connectivity index (χ0) is 110. The lowest BCUT2D eigenvalue weighted by Crippen LogP contribution is -2.15. The van der Waals surface area contributed by atoms with Crippen LogP contribution < -0.4 is 14.7 Å². The number of fused-ring (bicyclic) bond motifs is 2. The number of halogens is 5. The number of alkyl halides is 5. The summed E-state index contributed by atoms with van der Waals surface area (Å²) in [6.45, 7) is 3.86. The van der Waals surface area contributed by atoms with Gasteiger partial charge in [-0.15, -0.1) is 0 Å². The third kappa shape index (κ3) is 15.6. The van der Waals surface area contributed by atoms with Gasteiger partial charge in [0, 0.05) is 55.8 Å². The Morgan fingerprint density at radius 1 is 0.219 bits per heavy atom. The molecule has 0 amide bonds. The second-order valence-electron chi connectivity index (χ2n) is 34.0. The summed E-state index contributed by atoms with van der Waals surface area (Å²) in [6.07, 6.45) is -8.00. The molecule has 24 aromatic carbocycles. The number of aryl methyl sites for hydroxylation is 2. The Kier molecular flexibility index (Phi) is 16.8. The molecular weight excluding hydrogens is 1690 g/mol. The minimum absolute atomic E-state index is 0.0570. The molecule has 137 heavy (non-hydrogen) atoms. The van der Waals surface area contributed by atoms with Crippen molar-refractivity contribution in [2.75, 3.05) is 14.7 Å². The van der Waals surface area contributed by atoms with Gasteiger partial charge >= 0.3 is 6.18 Å². The van der Waals surface area contributed by atoms with E-state index in [1.165, 1.54) is 30.3 Å². The summed E-state index contributed by atoms with van der Waals surface area (Å²) in [7, 11) is 0. The fourth-order valence-electron chi connectivity index (χ4n) is 19.9. The molecule has 0 heterocycles. The summed E-state index contributed by atoms with van der Waals surface area (Å²) in [5.74, 6) is -1.03. The third-order valence-corrected chi connectivity index (χ3v) is 26.1. The van der Waals surface area contributed by atoms with Crippen LogP contribution in [0.1, 0.15) is 78.7 Å². The van der Waals surface area contributed by atoms with Crippen LogP contribution >= 0.6 is 0 Å². The number of rotatable bonds is 19. The van der Waals surface area contributed by atoms with Crippen LogP contribution in [0.4, 0.5) is 73.1 Å². The van der Waals surface area contributed by atoms with Crippen LogP contribution in [0.3, 0.4) is 0 Å². The van der Waals surface area contributed by atoms with Gasteiger partial charge in [0.1, 0.15) is 0 Å². The van der Waals surface area contributed by atoms with Crippen molar-refractivity contribution in [1.29, 1.82) is 0 Å². The Bertz CT molecular complexity index is 9850. The average molecular weight is 1800 g/mol. The van der Waals surface area contributed by atoms with Crippen molar-refractivity contribution in [3.05, 3.63) is 524 Å². The highest BCUT2D eigenvalue weighted by Crippen LogP contribution is 2.55. The molecule has 654 valence electrons. The van der Waals surface area contributed by atoms with Gasteiger partial charge in [0.2, 0.25) is 0 Å². The third-order valence-electron chi connectivity index (χ3n) is 26.1. The molecule has 0 spiro atoms. The number of benzene rings is 24. The maximum absolute atomic E-state index is 16.0. The van der Waals surface area contributed by atoms with Crippen molar-refractivity contribution < 1.29 is 49.4 Å². The Labute approximate surface area is 820 Å². The van der Waals surface area contributed by atoms with Gasteiger partial charge in [0.25, 0.3) is 6.43 Å². The first-order valence-electron chi connectivity index (χ1n) is 54.8. The van der Waals surface area contributed by atoms with Gasteiger partial charge in [-0.05, 0) is 264 Å². The van der Waals surface area contributed by atoms with E-state index in [1.54, 1.807) is 17.0 Å². The van der Waals surface area contributed by atoms with Crippen molar-refractivity contribution in [1.82, 2.24) is 0 Å². The monoisotopic (exact) mass is 1790 g/mol. The van der Waals surface area contributed by atoms with Crippen LogP contribution in [-0.4, -0.2) is 0 Å². The molecule has 3 nitrogen and oxygen atoms in total. The fourth-order valence-corrected chi connectivity index (χ4v) is 19.9. The number of anilines is 9. The number of nitrogens with zero attached hydrogens (tertiary/aromatic N) is 3. The maximum Gasteiger partial charge on any atom is 0.416 e. The highest BCUT2D eigenvalue weighted by Gasteiger charge is 2.38. The minimum Gasteiger partial charge on any atom is -0.310 e. The second kappa shape index (κ2) is 35.5. The van der Waals surface area contributed by atoms with Crippen molar-refractivity contribution in [3.8, 4) is 66.8 Å². The molecule has 1 unspecified atom stereocenters. The van der Waals surface area contributed by atoms with E-state index in [1.807, 2.05) is 250 Å². The minimum atomic E-state index is -4.95. The van der Waals surface area contributed by atoms with Gasteiger partial charge in [-0.2, -0.15) is 13.2 Å². The molecule has 0 aliphatic carbocycles. The standard InChI is InChI=1S/C66H46F2N2.C63H42F3N/c1-44-42-53(47-18-10-4-11-19-47)30-38-60(44)69(55-32-22-49(23-33-55)45-14-6-2-7-15-45)61-39-28-51-27-37-58-62(40-29-52-26-36-57(61)64(51)65(52)58)70(56-34-24-50(25-35-56)46-16-8-3-9-17-46)63-41-31-54(43-59(63)66(67)68)48-20-12-5-13-21-48;1-40-38-47(41-14-4-2-5-15-41)31-36-57(40)67(58-25-13-21-44-19-9-11-23-50(44)58)59-37-30-46-26-32-52-53(33-27-45-28-35-55(59)61(46)60(45)52)62(51-24-12-20-43-18-8-10-22-49(43)51)54-34-29-48(39-56(54)63(64,65)66)42-16-6-3-7-17-42/h2-43,66H,1H3;2-39,62H,1H3/i4D,5D,10D,11D,12D,13D,18D,19D,20D,21D;2D,3D,4D,5D,6D,7D,14D,15D,16D,17D. The van der Waals surface area contributed by atoms with Gasteiger partial charge in [0.15, 0.2) is 0 Å². The van der Waals surface area contributed by atoms with Crippen LogP contribution in [0.25, 0.3) is 153 Å². The van der Waals surface area contributed by atoms with Gasteiger partial charge in [-0.1, -0.05) is 394 Å². The van der Waals surface area contributed by atoms with Gasteiger partial charge in [0.05, 0.1) is 61.4 Å². The molecule has 0 fully saturated rings. The van der Waals surface area contributed by atoms with Crippen LogP contribution in [0.15, 0.2) is 485 Å². The van der Waals surface area contributed by atoms with E-state index in [4.69, 9.17) is 27.4 Å². The molecular formula is C129H88F5N3. The van der Waals surface area contributed by atoms with Gasteiger partial charge in [-0.3, -0.25) is 0 Å². The molecule has 0 saturated heterocycles. The molecule has 0 aliphatic rings. The molecule has 0 saturated carbocycles. The summed E-state index contributed by atoms with van der Waals surface area (Å²) in [5, 5.41) is 13.8. The molecule has 24 rings (SSSR count). The largest absolute Gasteiger partial charge is 0.416 e. The molecule has 0 N–H and O–H groups in total. The Hall–Kier alpha value is -17.1. The Morgan fingerprint density at radius 3 is 1.01 bits per heavy atom. The summed E-state index contributed by atoms with van der Waals surface area (Å²) >= 11 is 0. The van der Waals surface area contributed by atoms with E-state index in [0.29, 0.717) is 33.6 Å². The molecule has 0 bridgehead atoms. The van der Waals surface area contributed by atoms with E-state index in [2.05, 4.69) is 88.7 Å². The van der Waals surface area contributed by atoms with E-state index < -0.39 is 126 Å². The highest BCUT2D eigenvalue weighted by atomic mass is 19.4. The summed E-state index contributed by atoms with van der Waals surface area (Å²) in [5.41, 5.74) is 11.9. The lowest BCUT2D eigenvalue weighted by atomic mass is 9.77. The van der Waals surface area contributed by atoms with Crippen molar-refractivity contribution in [2.45, 2.75) is 32.4 Å². The zero-order valence-corrected chi connectivity index (χ0v) is 73.5. The van der Waals surface area contributed by atoms with Crippen LogP contribution in [0.2, 0.25) is 0 Å².